The molecule has 10 nitrogen and oxygen atoms in total. The molecule has 0 spiro atoms. The smallest absolute Gasteiger partial charge is 0.324 e. The van der Waals surface area contributed by atoms with E-state index in [1.807, 2.05) is 0 Å². The normalized spacial score (nSPS) is 9.43. The van der Waals surface area contributed by atoms with E-state index in [1.54, 1.807) is 0 Å². The second-order valence-electron chi connectivity index (χ2n) is 5.96. The number of imide groups is 1. The lowest BCUT2D eigenvalue weighted by Gasteiger charge is -2.20. The molecule has 0 saturated heterocycles. The summed E-state index contributed by atoms with van der Waals surface area (Å²) in [6.07, 6.45) is 10.4. The second kappa shape index (κ2) is 18.9. The van der Waals surface area contributed by atoms with Crippen molar-refractivity contribution in [1.29, 1.82) is 0 Å². The lowest BCUT2D eigenvalue weighted by Crippen LogP contribution is -2.45. The molecule has 154 valence electrons. The van der Waals surface area contributed by atoms with Crippen molar-refractivity contribution in [3.8, 4) is 0 Å². The minimum atomic E-state index is -0.557. The largest absolute Gasteiger partial charge is 0.338 e. The van der Waals surface area contributed by atoms with Gasteiger partial charge < -0.3 is 5.32 Å². The Morgan fingerprint density at radius 2 is 1.25 bits per heavy atom. The van der Waals surface area contributed by atoms with Gasteiger partial charge in [-0.05, 0) is 25.7 Å². The van der Waals surface area contributed by atoms with E-state index < -0.39 is 18.5 Å². The third kappa shape index (κ3) is 14.3. The Balaban J connectivity index is 4.24. The number of amides is 3. The van der Waals surface area contributed by atoms with Gasteiger partial charge in [0.1, 0.15) is 6.54 Å². The number of rotatable bonds is 16. The highest BCUT2D eigenvalue weighted by atomic mass is 16.2. The first kappa shape index (κ1) is 25.1. The van der Waals surface area contributed by atoms with Crippen molar-refractivity contribution in [3.63, 3.8) is 0 Å². The van der Waals surface area contributed by atoms with E-state index in [0.29, 0.717) is 26.1 Å². The number of carbonyl (C=O) groups is 2. The van der Waals surface area contributed by atoms with E-state index in [2.05, 4.69) is 20.3 Å². The van der Waals surface area contributed by atoms with Crippen LogP contribution in [0, 0.1) is 0 Å². The Morgan fingerprint density at radius 3 is 1.82 bits per heavy atom. The van der Waals surface area contributed by atoms with Crippen molar-refractivity contribution in [2.24, 2.45) is 15.0 Å². The third-order valence-electron chi connectivity index (χ3n) is 3.83. The van der Waals surface area contributed by atoms with Crippen molar-refractivity contribution in [2.75, 3.05) is 32.7 Å². The molecular formula is C18H27N5O5. The Labute approximate surface area is 164 Å². The molecular weight excluding hydrogens is 366 g/mol. The van der Waals surface area contributed by atoms with Crippen LogP contribution >= 0.6 is 0 Å². The molecule has 3 amide bonds. The molecule has 0 saturated carbocycles. The Hall–Kier alpha value is -2.92. The van der Waals surface area contributed by atoms with Crippen LogP contribution in [0.1, 0.15) is 51.4 Å². The van der Waals surface area contributed by atoms with Crippen LogP contribution in [0.15, 0.2) is 15.0 Å². The van der Waals surface area contributed by atoms with Gasteiger partial charge in [-0.3, -0.25) is 9.69 Å². The van der Waals surface area contributed by atoms with Gasteiger partial charge in [-0.2, -0.15) is 4.99 Å². The predicted octanol–water partition coefficient (Wildman–Crippen LogP) is 1.65. The van der Waals surface area contributed by atoms with E-state index in [0.717, 1.165) is 49.8 Å². The fraction of sp³-hybridized carbons (Fsp3) is 0.722. The molecule has 0 aliphatic carbocycles. The number of unbranched alkanes of at least 4 members (excludes halogenated alkanes) is 6. The van der Waals surface area contributed by atoms with Gasteiger partial charge >= 0.3 is 6.03 Å². The molecule has 0 unspecified atom stereocenters. The van der Waals surface area contributed by atoms with Crippen LogP contribution in [0.5, 0.6) is 0 Å². The van der Waals surface area contributed by atoms with Crippen molar-refractivity contribution in [2.45, 2.75) is 51.4 Å². The molecule has 28 heavy (non-hydrogen) atoms. The van der Waals surface area contributed by atoms with Gasteiger partial charge in [-0.15, -0.1) is 0 Å². The number of nitrogens with zero attached hydrogens (tertiary/aromatic N) is 4. The molecule has 0 atom stereocenters. The fourth-order valence-electron chi connectivity index (χ4n) is 2.39. The molecule has 0 fully saturated rings. The van der Waals surface area contributed by atoms with Crippen LogP contribution in [0.25, 0.3) is 0 Å². The standard InChI is InChI=1S/C18H27N5O5/c24-14-19-9-5-1-2-7-11-22-18(28)23(17(27)13-21-16-26)12-8-4-3-6-10-20-15-25/h1-13H2,(H,22,28). The molecule has 10 heteroatoms. The summed E-state index contributed by atoms with van der Waals surface area (Å²) in [5.74, 6) is -0.557. The minimum Gasteiger partial charge on any atom is -0.338 e. The maximum absolute atomic E-state index is 12.3. The van der Waals surface area contributed by atoms with E-state index in [-0.39, 0.29) is 6.54 Å². The fourth-order valence-corrected chi connectivity index (χ4v) is 2.39. The first-order valence-electron chi connectivity index (χ1n) is 9.36. The minimum absolute atomic E-state index is 0.222. The van der Waals surface area contributed by atoms with Gasteiger partial charge in [0, 0.05) is 13.1 Å². The summed E-state index contributed by atoms with van der Waals surface area (Å²) in [5, 5.41) is 2.69. The van der Waals surface area contributed by atoms with Crippen molar-refractivity contribution in [3.05, 3.63) is 0 Å². The maximum atomic E-state index is 12.3. The molecule has 0 aromatic heterocycles. The molecule has 0 heterocycles. The van der Waals surface area contributed by atoms with Gasteiger partial charge in [0.15, 0.2) is 0 Å². The first-order valence-corrected chi connectivity index (χ1v) is 9.36. The van der Waals surface area contributed by atoms with Crippen LogP contribution in [0.3, 0.4) is 0 Å². The average Bonchev–Trinajstić information content (AvgIpc) is 2.70. The highest BCUT2D eigenvalue weighted by Gasteiger charge is 2.20. The van der Waals surface area contributed by atoms with Gasteiger partial charge in [0.2, 0.25) is 18.2 Å². The number of hydrogen-bond donors (Lipinski definition) is 1. The highest BCUT2D eigenvalue weighted by Crippen LogP contribution is 2.04. The molecule has 0 radical (unpaired) electrons. The summed E-state index contributed by atoms with van der Waals surface area (Å²) in [6.45, 7) is 1.10. The van der Waals surface area contributed by atoms with E-state index in [1.165, 1.54) is 18.2 Å². The zero-order valence-corrected chi connectivity index (χ0v) is 16.0. The third-order valence-corrected chi connectivity index (χ3v) is 3.83. The predicted molar refractivity (Wildman–Crippen MR) is 101 cm³/mol. The van der Waals surface area contributed by atoms with Gasteiger partial charge in [0.25, 0.3) is 5.91 Å². The maximum Gasteiger partial charge on any atom is 0.324 e. The Kier molecular flexibility index (Phi) is 16.9. The lowest BCUT2D eigenvalue weighted by atomic mass is 10.2. The molecule has 1 N–H and O–H groups in total. The summed E-state index contributed by atoms with van der Waals surface area (Å²) in [4.78, 5) is 65.7. The molecule has 0 rings (SSSR count). The summed E-state index contributed by atoms with van der Waals surface area (Å²) < 4.78 is 0. The van der Waals surface area contributed by atoms with Crippen LogP contribution in [0.4, 0.5) is 4.79 Å². The van der Waals surface area contributed by atoms with E-state index in [4.69, 9.17) is 0 Å². The summed E-state index contributed by atoms with van der Waals surface area (Å²) in [5.41, 5.74) is 0. The van der Waals surface area contributed by atoms with Crippen molar-refractivity contribution >= 4 is 30.2 Å². The molecule has 0 aliphatic heterocycles. The number of aliphatic imine (C=N–C) groups is 3. The number of isocyanates is 3. The molecule has 0 bridgehead atoms. The first-order chi connectivity index (χ1) is 13.7. The SMILES string of the molecule is O=C=NCCCCCCNC(=O)N(CCCCCCN=C=O)C(=O)CN=C=O. The zero-order valence-electron chi connectivity index (χ0n) is 16.0. The number of hydrogen-bond acceptors (Lipinski definition) is 8. The molecule has 0 aromatic carbocycles. The number of urea groups is 1. The quantitative estimate of drug-likeness (QED) is 0.241. The summed E-state index contributed by atoms with van der Waals surface area (Å²) in [7, 11) is 0. The number of nitrogens with one attached hydrogen (secondary N) is 1. The van der Waals surface area contributed by atoms with Crippen molar-refractivity contribution < 1.29 is 24.0 Å². The highest BCUT2D eigenvalue weighted by molar-refractivity contribution is 5.95. The molecule has 0 aromatic rings. The van der Waals surface area contributed by atoms with Crippen LogP contribution in [-0.2, 0) is 19.2 Å². The topological polar surface area (TPSA) is 138 Å². The second-order valence-corrected chi connectivity index (χ2v) is 5.96. The van der Waals surface area contributed by atoms with Crippen LogP contribution in [0.2, 0.25) is 0 Å². The summed E-state index contributed by atoms with van der Waals surface area (Å²) >= 11 is 0. The molecule has 0 aliphatic rings. The van der Waals surface area contributed by atoms with Gasteiger partial charge in [-0.25, -0.2) is 29.2 Å². The Bertz CT molecular complexity index is 605. The monoisotopic (exact) mass is 393 g/mol. The van der Waals surface area contributed by atoms with Gasteiger partial charge in [-0.1, -0.05) is 25.7 Å². The lowest BCUT2D eigenvalue weighted by molar-refractivity contribution is -0.126. The average molecular weight is 393 g/mol. The number of carbonyl (C=O) groups excluding carboxylic acids is 5. The van der Waals surface area contributed by atoms with Gasteiger partial charge in [0.05, 0.1) is 13.1 Å². The Morgan fingerprint density at radius 1 is 0.714 bits per heavy atom. The van der Waals surface area contributed by atoms with E-state index in [9.17, 15) is 24.0 Å². The van der Waals surface area contributed by atoms with Crippen LogP contribution < -0.4 is 5.32 Å². The van der Waals surface area contributed by atoms with Crippen LogP contribution in [-0.4, -0.2) is 67.8 Å². The zero-order chi connectivity index (χ0) is 20.9. The van der Waals surface area contributed by atoms with E-state index >= 15 is 0 Å². The summed E-state index contributed by atoms with van der Waals surface area (Å²) in [6, 6.07) is -0.512. The van der Waals surface area contributed by atoms with Crippen molar-refractivity contribution in [1.82, 2.24) is 10.2 Å².